The van der Waals surface area contributed by atoms with Crippen molar-refractivity contribution in [2.75, 3.05) is 4.90 Å². The molecule has 1 aromatic heterocycles. The molecule has 1 heterocycles. The quantitative estimate of drug-likeness (QED) is 0.397. The van der Waals surface area contributed by atoms with E-state index in [4.69, 9.17) is 11.6 Å². The molecular weight excluding hydrogens is 406 g/mol. The zero-order chi connectivity index (χ0) is 20.3. The number of halogens is 3. The highest BCUT2D eigenvalue weighted by atomic mass is 35.5. The minimum atomic E-state index is -1.09. The molecule has 1 amide bonds. The van der Waals surface area contributed by atoms with Gasteiger partial charge in [-0.25, -0.2) is 13.8 Å². The second kappa shape index (κ2) is 8.41. The molecule has 0 aliphatic rings. The number of ketones is 1. The summed E-state index contributed by atoms with van der Waals surface area (Å²) >= 11 is 7.21. The first-order valence-electron chi connectivity index (χ1n) is 8.04. The third-order valence-corrected chi connectivity index (χ3v) is 4.77. The number of aromatic nitrogens is 1. The molecule has 3 aromatic rings. The fourth-order valence-corrected chi connectivity index (χ4v) is 3.44. The van der Waals surface area contributed by atoms with E-state index in [0.29, 0.717) is 21.5 Å². The van der Waals surface area contributed by atoms with E-state index < -0.39 is 17.4 Å². The van der Waals surface area contributed by atoms with E-state index >= 15 is 0 Å². The van der Waals surface area contributed by atoms with Gasteiger partial charge < -0.3 is 0 Å². The van der Waals surface area contributed by atoms with E-state index in [-0.39, 0.29) is 11.5 Å². The van der Waals surface area contributed by atoms with Crippen molar-refractivity contribution >= 4 is 51.5 Å². The molecule has 0 saturated heterocycles. The molecular formula is C20H13ClF2N2O2S. The van der Waals surface area contributed by atoms with Gasteiger partial charge in [-0.3, -0.25) is 14.5 Å². The Balaban J connectivity index is 1.82. The number of hydrogen-bond acceptors (Lipinski definition) is 4. The number of benzene rings is 2. The van der Waals surface area contributed by atoms with Crippen molar-refractivity contribution in [2.24, 2.45) is 0 Å². The Hall–Kier alpha value is -2.90. The third-order valence-electron chi connectivity index (χ3n) is 3.69. The molecule has 0 unspecified atom stereocenters. The van der Waals surface area contributed by atoms with Crippen molar-refractivity contribution in [3.05, 3.63) is 81.8 Å². The zero-order valence-corrected chi connectivity index (χ0v) is 16.1. The van der Waals surface area contributed by atoms with Crippen LogP contribution in [0.25, 0.3) is 6.08 Å². The van der Waals surface area contributed by atoms with Crippen LogP contribution in [0.1, 0.15) is 23.0 Å². The van der Waals surface area contributed by atoms with Gasteiger partial charge in [0.2, 0.25) is 5.91 Å². The number of anilines is 2. The summed E-state index contributed by atoms with van der Waals surface area (Å²) in [6, 6.07) is 9.74. The standard InChI is InChI=1S/C20H13ClF2N2O2S/c1-12(26)25(16-4-2-3-14(21)10-16)20-24-15(11-28-20)6-8-19(27)13-5-7-17(22)18(23)9-13/h2-11H,1H3/b8-6+. The van der Waals surface area contributed by atoms with Gasteiger partial charge in [0.15, 0.2) is 22.5 Å². The molecule has 0 aliphatic carbocycles. The third kappa shape index (κ3) is 4.49. The molecule has 28 heavy (non-hydrogen) atoms. The summed E-state index contributed by atoms with van der Waals surface area (Å²) in [6.45, 7) is 1.41. The summed E-state index contributed by atoms with van der Waals surface area (Å²) < 4.78 is 26.2. The van der Waals surface area contributed by atoms with E-state index in [1.54, 1.807) is 29.6 Å². The Labute approximate surface area is 168 Å². The van der Waals surface area contributed by atoms with Gasteiger partial charge in [-0.05, 0) is 48.6 Å². The van der Waals surface area contributed by atoms with Crippen LogP contribution in [0.4, 0.5) is 19.6 Å². The highest BCUT2D eigenvalue weighted by Crippen LogP contribution is 2.30. The lowest BCUT2D eigenvalue weighted by molar-refractivity contribution is -0.115. The molecule has 0 radical (unpaired) electrons. The largest absolute Gasteiger partial charge is 0.289 e. The Morgan fingerprint density at radius 3 is 2.61 bits per heavy atom. The van der Waals surface area contributed by atoms with Crippen molar-refractivity contribution in [1.82, 2.24) is 4.98 Å². The molecule has 0 spiro atoms. The summed E-state index contributed by atoms with van der Waals surface area (Å²) in [5.74, 6) is -2.85. The topological polar surface area (TPSA) is 50.3 Å². The summed E-state index contributed by atoms with van der Waals surface area (Å²) in [6.07, 6.45) is 2.66. The average Bonchev–Trinajstić information content (AvgIpc) is 3.10. The van der Waals surface area contributed by atoms with Crippen LogP contribution in [0.5, 0.6) is 0 Å². The molecule has 0 aliphatic heterocycles. The van der Waals surface area contributed by atoms with Crippen LogP contribution in [0.2, 0.25) is 5.02 Å². The number of rotatable bonds is 5. The van der Waals surface area contributed by atoms with Crippen LogP contribution in [0.15, 0.2) is 53.9 Å². The highest BCUT2D eigenvalue weighted by molar-refractivity contribution is 7.14. The fraction of sp³-hybridized carbons (Fsp3) is 0.0500. The monoisotopic (exact) mass is 418 g/mol. The molecule has 8 heteroatoms. The normalized spacial score (nSPS) is 11.0. The molecule has 0 bridgehead atoms. The van der Waals surface area contributed by atoms with E-state index in [0.717, 1.165) is 12.1 Å². The lowest BCUT2D eigenvalue weighted by Gasteiger charge is -2.18. The maximum atomic E-state index is 13.3. The van der Waals surface area contributed by atoms with Crippen molar-refractivity contribution < 1.29 is 18.4 Å². The SMILES string of the molecule is CC(=O)N(c1cccc(Cl)c1)c1nc(/C=C/C(=O)c2ccc(F)c(F)c2)cs1. The van der Waals surface area contributed by atoms with Crippen molar-refractivity contribution in [3.63, 3.8) is 0 Å². The molecule has 4 nitrogen and oxygen atoms in total. The van der Waals surface area contributed by atoms with Crippen LogP contribution >= 0.6 is 22.9 Å². The second-order valence-corrected chi connectivity index (χ2v) is 6.99. The molecule has 0 atom stereocenters. The van der Waals surface area contributed by atoms with Gasteiger partial charge in [0, 0.05) is 22.9 Å². The number of amides is 1. The van der Waals surface area contributed by atoms with Gasteiger partial charge >= 0.3 is 0 Å². The van der Waals surface area contributed by atoms with Crippen molar-refractivity contribution in [2.45, 2.75) is 6.92 Å². The lowest BCUT2D eigenvalue weighted by Crippen LogP contribution is -2.22. The van der Waals surface area contributed by atoms with Gasteiger partial charge in [0.1, 0.15) is 0 Å². The minimum Gasteiger partial charge on any atom is -0.289 e. The summed E-state index contributed by atoms with van der Waals surface area (Å²) in [5, 5.41) is 2.57. The summed E-state index contributed by atoms with van der Waals surface area (Å²) in [4.78, 5) is 29.9. The minimum absolute atomic E-state index is 0.0230. The summed E-state index contributed by atoms with van der Waals surface area (Å²) in [7, 11) is 0. The first-order valence-corrected chi connectivity index (χ1v) is 9.30. The number of hydrogen-bond donors (Lipinski definition) is 0. The number of carbonyl (C=O) groups is 2. The van der Waals surface area contributed by atoms with Gasteiger partial charge in [0.25, 0.3) is 0 Å². The molecule has 0 saturated carbocycles. The zero-order valence-electron chi connectivity index (χ0n) is 14.5. The predicted molar refractivity (Wildman–Crippen MR) is 106 cm³/mol. The highest BCUT2D eigenvalue weighted by Gasteiger charge is 2.18. The average molecular weight is 419 g/mol. The predicted octanol–water partition coefficient (Wildman–Crippen LogP) is 5.66. The maximum absolute atomic E-state index is 13.3. The number of nitrogens with zero attached hydrogens (tertiary/aromatic N) is 2. The lowest BCUT2D eigenvalue weighted by atomic mass is 10.1. The smallest absolute Gasteiger partial charge is 0.230 e. The van der Waals surface area contributed by atoms with Crippen molar-refractivity contribution in [1.29, 1.82) is 0 Å². The summed E-state index contributed by atoms with van der Waals surface area (Å²) in [5.41, 5.74) is 1.04. The Bertz CT molecular complexity index is 1080. The van der Waals surface area contributed by atoms with Crippen molar-refractivity contribution in [3.8, 4) is 0 Å². The first kappa shape index (κ1) is 19.9. The maximum Gasteiger partial charge on any atom is 0.230 e. The van der Waals surface area contributed by atoms with Gasteiger partial charge in [-0.15, -0.1) is 11.3 Å². The van der Waals surface area contributed by atoms with E-state index in [9.17, 15) is 18.4 Å². The fourth-order valence-electron chi connectivity index (χ4n) is 2.40. The van der Waals surface area contributed by atoms with Crippen LogP contribution in [-0.2, 0) is 4.79 Å². The van der Waals surface area contributed by atoms with Crippen LogP contribution < -0.4 is 4.90 Å². The molecule has 0 N–H and O–H groups in total. The Morgan fingerprint density at radius 1 is 1.14 bits per heavy atom. The second-order valence-electron chi connectivity index (χ2n) is 5.72. The van der Waals surface area contributed by atoms with Crippen LogP contribution in [-0.4, -0.2) is 16.7 Å². The first-order chi connectivity index (χ1) is 13.3. The molecule has 2 aromatic carbocycles. The van der Waals surface area contributed by atoms with E-state index in [2.05, 4.69) is 4.98 Å². The Morgan fingerprint density at radius 2 is 1.93 bits per heavy atom. The van der Waals surface area contributed by atoms with E-state index in [1.807, 2.05) is 0 Å². The van der Waals surface area contributed by atoms with Crippen LogP contribution in [0.3, 0.4) is 0 Å². The van der Waals surface area contributed by atoms with Crippen LogP contribution in [0, 0.1) is 11.6 Å². The molecule has 0 fully saturated rings. The van der Waals surface area contributed by atoms with E-state index in [1.165, 1.54) is 41.4 Å². The molecule has 3 rings (SSSR count). The Kier molecular flexibility index (Phi) is 5.96. The number of carbonyl (C=O) groups excluding carboxylic acids is 2. The van der Waals surface area contributed by atoms with Gasteiger partial charge in [0.05, 0.1) is 11.4 Å². The number of thiazole rings is 1. The molecule has 142 valence electrons. The van der Waals surface area contributed by atoms with Gasteiger partial charge in [-0.2, -0.15) is 0 Å². The van der Waals surface area contributed by atoms with Gasteiger partial charge in [-0.1, -0.05) is 17.7 Å². The number of allylic oxidation sites excluding steroid dienone is 1.